The topological polar surface area (TPSA) is 78.4 Å². The van der Waals surface area contributed by atoms with E-state index in [1.807, 2.05) is 13.0 Å². The van der Waals surface area contributed by atoms with E-state index in [-0.39, 0.29) is 11.7 Å². The lowest BCUT2D eigenvalue weighted by Gasteiger charge is -2.09. The van der Waals surface area contributed by atoms with E-state index in [1.54, 1.807) is 12.1 Å². The summed E-state index contributed by atoms with van der Waals surface area (Å²) in [5, 5.41) is 10.8. The highest BCUT2D eigenvalue weighted by molar-refractivity contribution is 5.48. The number of rotatable bonds is 6. The molecule has 5 nitrogen and oxygen atoms in total. The first-order valence-electron chi connectivity index (χ1n) is 5.65. The fourth-order valence-corrected chi connectivity index (χ4v) is 1.59. The average molecular weight is 238 g/mol. The number of aryl methyl sites for hydroxylation is 1. The van der Waals surface area contributed by atoms with Gasteiger partial charge in [-0.1, -0.05) is 13.0 Å². The zero-order chi connectivity index (χ0) is 12.8. The molecule has 0 aliphatic heterocycles. The number of nitrogens with two attached hydrogens (primary N) is 1. The maximum atomic E-state index is 10.8. The number of hydrogen-bond donors (Lipinski definition) is 1. The van der Waals surface area contributed by atoms with Crippen LogP contribution >= 0.6 is 0 Å². The van der Waals surface area contributed by atoms with E-state index in [9.17, 15) is 10.1 Å². The Morgan fingerprint density at radius 2 is 2.24 bits per heavy atom. The van der Waals surface area contributed by atoms with Crippen molar-refractivity contribution in [3.05, 3.63) is 33.9 Å². The number of nitro groups is 1. The molecule has 0 bridgehead atoms. The number of nitro benzene ring substituents is 1. The summed E-state index contributed by atoms with van der Waals surface area (Å²) in [6.07, 6.45) is 2.50. The lowest BCUT2D eigenvalue weighted by Crippen LogP contribution is -2.19. The van der Waals surface area contributed by atoms with E-state index in [4.69, 9.17) is 10.5 Å². The minimum Gasteiger partial charge on any atom is -0.490 e. The van der Waals surface area contributed by atoms with Crippen LogP contribution in [-0.2, 0) is 6.42 Å². The molecule has 0 amide bonds. The van der Waals surface area contributed by atoms with Crippen molar-refractivity contribution in [2.24, 2.45) is 5.73 Å². The highest BCUT2D eigenvalue weighted by Gasteiger charge is 2.15. The summed E-state index contributed by atoms with van der Waals surface area (Å²) in [6, 6.07) is 5.18. The predicted molar refractivity (Wildman–Crippen MR) is 66.2 cm³/mol. The van der Waals surface area contributed by atoms with Gasteiger partial charge in [-0.25, -0.2) is 0 Å². The Bertz CT molecular complexity index is 393. The van der Waals surface area contributed by atoms with Gasteiger partial charge >= 0.3 is 5.69 Å². The lowest BCUT2D eigenvalue weighted by atomic mass is 10.0. The van der Waals surface area contributed by atoms with Gasteiger partial charge in [-0.15, -0.1) is 0 Å². The molecule has 5 heteroatoms. The van der Waals surface area contributed by atoms with Crippen molar-refractivity contribution < 1.29 is 9.66 Å². The van der Waals surface area contributed by atoms with Gasteiger partial charge in [-0.3, -0.25) is 10.1 Å². The molecule has 0 aliphatic carbocycles. The molecule has 0 spiro atoms. The second-order valence-corrected chi connectivity index (χ2v) is 3.97. The van der Waals surface area contributed by atoms with Gasteiger partial charge in [0.2, 0.25) is 0 Å². The molecule has 1 rings (SSSR count). The number of ether oxygens (including phenoxy) is 1. The van der Waals surface area contributed by atoms with Crippen LogP contribution in [0.2, 0.25) is 0 Å². The largest absolute Gasteiger partial charge is 0.490 e. The molecule has 0 heterocycles. The molecule has 1 aromatic rings. The Morgan fingerprint density at radius 3 is 2.76 bits per heavy atom. The van der Waals surface area contributed by atoms with E-state index in [1.165, 1.54) is 7.11 Å². The molecule has 0 saturated heterocycles. The molecule has 0 aliphatic rings. The Labute approximate surface area is 101 Å². The third-order valence-corrected chi connectivity index (χ3v) is 2.77. The van der Waals surface area contributed by atoms with Crippen LogP contribution in [0.5, 0.6) is 5.75 Å². The fraction of sp³-hybridized carbons (Fsp3) is 0.500. The maximum absolute atomic E-state index is 10.8. The van der Waals surface area contributed by atoms with Gasteiger partial charge in [0.1, 0.15) is 0 Å². The van der Waals surface area contributed by atoms with Crippen molar-refractivity contribution >= 4 is 5.69 Å². The first kappa shape index (κ1) is 13.4. The summed E-state index contributed by atoms with van der Waals surface area (Å²) in [4.78, 5) is 10.4. The number of nitrogens with zero attached hydrogens (tertiary/aromatic N) is 1. The summed E-state index contributed by atoms with van der Waals surface area (Å²) in [6.45, 7) is 2.03. The minimum atomic E-state index is -0.428. The molecule has 0 fully saturated rings. The number of methoxy groups -OCH3 is 1. The Morgan fingerprint density at radius 1 is 1.53 bits per heavy atom. The van der Waals surface area contributed by atoms with Crippen molar-refractivity contribution in [2.45, 2.75) is 32.2 Å². The van der Waals surface area contributed by atoms with E-state index >= 15 is 0 Å². The molecule has 0 saturated carbocycles. The predicted octanol–water partition coefficient (Wildman–Crippen LogP) is 2.27. The molecule has 1 unspecified atom stereocenters. The van der Waals surface area contributed by atoms with Crippen LogP contribution in [0.4, 0.5) is 5.69 Å². The molecule has 17 heavy (non-hydrogen) atoms. The SMILES string of the molecule is CCC(N)CCc1ccc(OC)c([N+](=O)[O-])c1. The second kappa shape index (κ2) is 6.20. The standard InChI is InChI=1S/C12H18N2O3/c1-3-10(13)6-4-9-5-7-12(17-2)11(8-9)14(15)16/h5,7-8,10H,3-4,6,13H2,1-2H3. The zero-order valence-corrected chi connectivity index (χ0v) is 10.2. The van der Waals surface area contributed by atoms with E-state index in [0.29, 0.717) is 5.75 Å². The fourth-order valence-electron chi connectivity index (χ4n) is 1.59. The molecule has 0 aromatic heterocycles. The summed E-state index contributed by atoms with van der Waals surface area (Å²) in [7, 11) is 1.43. The second-order valence-electron chi connectivity index (χ2n) is 3.97. The summed E-state index contributed by atoms with van der Waals surface area (Å²) < 4.78 is 4.94. The number of benzene rings is 1. The molecule has 1 atom stereocenters. The maximum Gasteiger partial charge on any atom is 0.311 e. The van der Waals surface area contributed by atoms with Crippen molar-refractivity contribution in [3.63, 3.8) is 0 Å². The van der Waals surface area contributed by atoms with Crippen LogP contribution in [0.1, 0.15) is 25.3 Å². The summed E-state index contributed by atoms with van der Waals surface area (Å²) in [5.74, 6) is 0.290. The highest BCUT2D eigenvalue weighted by Crippen LogP contribution is 2.28. The molecule has 1 aromatic carbocycles. The van der Waals surface area contributed by atoms with Crippen LogP contribution < -0.4 is 10.5 Å². The van der Waals surface area contributed by atoms with Crippen molar-refractivity contribution in [2.75, 3.05) is 7.11 Å². The van der Waals surface area contributed by atoms with E-state index in [2.05, 4.69) is 0 Å². The average Bonchev–Trinajstić information content (AvgIpc) is 2.35. The van der Waals surface area contributed by atoms with Crippen LogP contribution in [0.15, 0.2) is 18.2 Å². The van der Waals surface area contributed by atoms with Crippen LogP contribution in [0.25, 0.3) is 0 Å². The van der Waals surface area contributed by atoms with Crippen LogP contribution in [-0.4, -0.2) is 18.1 Å². The summed E-state index contributed by atoms with van der Waals surface area (Å²) >= 11 is 0. The van der Waals surface area contributed by atoms with Gasteiger partial charge < -0.3 is 10.5 Å². The molecular formula is C12H18N2O3. The van der Waals surface area contributed by atoms with Crippen molar-refractivity contribution in [3.8, 4) is 5.75 Å². The monoisotopic (exact) mass is 238 g/mol. The Kier molecular flexibility index (Phi) is 4.90. The van der Waals surface area contributed by atoms with Gasteiger partial charge in [-0.2, -0.15) is 0 Å². The zero-order valence-electron chi connectivity index (χ0n) is 10.2. The third-order valence-electron chi connectivity index (χ3n) is 2.77. The van der Waals surface area contributed by atoms with Gasteiger partial charge in [0.15, 0.2) is 5.75 Å². The molecule has 2 N–H and O–H groups in total. The lowest BCUT2D eigenvalue weighted by molar-refractivity contribution is -0.385. The number of hydrogen-bond acceptors (Lipinski definition) is 4. The minimum absolute atomic E-state index is 0.00932. The molecular weight excluding hydrogens is 220 g/mol. The normalized spacial score (nSPS) is 12.2. The van der Waals surface area contributed by atoms with Crippen LogP contribution in [0, 0.1) is 10.1 Å². The third kappa shape index (κ3) is 3.71. The Balaban J connectivity index is 2.81. The first-order chi connectivity index (χ1) is 8.08. The molecule has 0 radical (unpaired) electrons. The van der Waals surface area contributed by atoms with Crippen molar-refractivity contribution in [1.29, 1.82) is 0 Å². The van der Waals surface area contributed by atoms with Gasteiger partial charge in [-0.05, 0) is 30.9 Å². The Hall–Kier alpha value is -1.62. The first-order valence-corrected chi connectivity index (χ1v) is 5.65. The van der Waals surface area contributed by atoms with Gasteiger partial charge in [0.05, 0.1) is 12.0 Å². The van der Waals surface area contributed by atoms with Gasteiger partial charge in [0.25, 0.3) is 0 Å². The quantitative estimate of drug-likeness (QED) is 0.609. The molecule has 94 valence electrons. The van der Waals surface area contributed by atoms with Crippen LogP contribution in [0.3, 0.4) is 0 Å². The smallest absolute Gasteiger partial charge is 0.311 e. The highest BCUT2D eigenvalue weighted by atomic mass is 16.6. The van der Waals surface area contributed by atoms with E-state index < -0.39 is 4.92 Å². The van der Waals surface area contributed by atoms with E-state index in [0.717, 1.165) is 24.8 Å². The summed E-state index contributed by atoms with van der Waals surface area (Å²) in [5.41, 5.74) is 6.74. The van der Waals surface area contributed by atoms with Crippen molar-refractivity contribution in [1.82, 2.24) is 0 Å². The van der Waals surface area contributed by atoms with Gasteiger partial charge in [0, 0.05) is 12.1 Å².